The third-order valence-electron chi connectivity index (χ3n) is 3.62. The average Bonchev–Trinajstić information content (AvgIpc) is 2.53. The Bertz CT molecular complexity index is 899. The summed E-state index contributed by atoms with van der Waals surface area (Å²) >= 11 is 0. The number of carbonyl (C=O) groups excluding carboxylic acids is 1. The van der Waals surface area contributed by atoms with Crippen molar-refractivity contribution in [2.24, 2.45) is 0 Å². The first-order valence-electron chi connectivity index (χ1n) is 6.94. The number of aryl methyl sites for hydroxylation is 1. The van der Waals surface area contributed by atoms with Crippen molar-refractivity contribution in [2.75, 3.05) is 7.11 Å². The third kappa shape index (κ3) is 2.65. The third-order valence-corrected chi connectivity index (χ3v) is 3.62. The maximum Gasteiger partial charge on any atom is 0.337 e. The number of carbonyl (C=O) groups is 1. The van der Waals surface area contributed by atoms with Crippen LogP contribution in [0.5, 0.6) is 0 Å². The molecule has 2 aromatic carbocycles. The summed E-state index contributed by atoms with van der Waals surface area (Å²) in [5, 5.41) is 0.483. The Labute approximate surface area is 131 Å². The van der Waals surface area contributed by atoms with Gasteiger partial charge in [0.05, 0.1) is 23.8 Å². The van der Waals surface area contributed by atoms with E-state index in [1.54, 1.807) is 19.1 Å². The average molecular weight is 313 g/mol. The number of ether oxygens (including phenoxy) is 1. The van der Waals surface area contributed by atoms with Gasteiger partial charge in [0.15, 0.2) is 0 Å². The van der Waals surface area contributed by atoms with Gasteiger partial charge in [-0.05, 0) is 54.4 Å². The van der Waals surface area contributed by atoms with E-state index in [-0.39, 0.29) is 5.56 Å². The molecule has 116 valence electrons. The van der Waals surface area contributed by atoms with Crippen LogP contribution in [0.4, 0.5) is 8.78 Å². The normalized spacial score (nSPS) is 10.8. The molecule has 0 amide bonds. The molecular weight excluding hydrogens is 300 g/mol. The van der Waals surface area contributed by atoms with Crippen LogP contribution in [0.3, 0.4) is 0 Å². The van der Waals surface area contributed by atoms with Gasteiger partial charge >= 0.3 is 5.97 Å². The van der Waals surface area contributed by atoms with Crippen molar-refractivity contribution in [3.8, 4) is 11.1 Å². The SMILES string of the molecule is COC(=O)c1ccc2nccc(-c3c(F)cc(C)cc3F)c2c1. The van der Waals surface area contributed by atoms with Crippen molar-refractivity contribution in [1.29, 1.82) is 0 Å². The maximum absolute atomic E-state index is 14.3. The Morgan fingerprint density at radius 2 is 1.78 bits per heavy atom. The lowest BCUT2D eigenvalue weighted by Gasteiger charge is -2.10. The lowest BCUT2D eigenvalue weighted by Crippen LogP contribution is -2.01. The molecule has 0 fully saturated rings. The summed E-state index contributed by atoms with van der Waals surface area (Å²) in [4.78, 5) is 15.9. The number of pyridine rings is 1. The van der Waals surface area contributed by atoms with Gasteiger partial charge in [-0.3, -0.25) is 4.98 Å². The number of benzene rings is 2. The first-order chi connectivity index (χ1) is 11.0. The molecule has 0 saturated heterocycles. The molecule has 0 radical (unpaired) electrons. The summed E-state index contributed by atoms with van der Waals surface area (Å²) in [6.07, 6.45) is 1.48. The molecule has 0 saturated carbocycles. The number of halogens is 2. The molecule has 0 aliphatic carbocycles. The van der Waals surface area contributed by atoms with Crippen LogP contribution in [0.1, 0.15) is 15.9 Å². The second kappa shape index (κ2) is 5.76. The summed E-state index contributed by atoms with van der Waals surface area (Å²) in [5.74, 6) is -1.83. The number of hydrogen-bond acceptors (Lipinski definition) is 3. The topological polar surface area (TPSA) is 39.2 Å². The van der Waals surface area contributed by atoms with Crippen molar-refractivity contribution < 1.29 is 18.3 Å². The van der Waals surface area contributed by atoms with Crippen molar-refractivity contribution in [1.82, 2.24) is 4.98 Å². The van der Waals surface area contributed by atoms with E-state index in [4.69, 9.17) is 0 Å². The van der Waals surface area contributed by atoms with Gasteiger partial charge in [-0.25, -0.2) is 13.6 Å². The zero-order chi connectivity index (χ0) is 16.6. The van der Waals surface area contributed by atoms with Gasteiger partial charge in [-0.1, -0.05) is 0 Å². The fraction of sp³-hybridized carbons (Fsp3) is 0.111. The molecule has 23 heavy (non-hydrogen) atoms. The van der Waals surface area contributed by atoms with Crippen LogP contribution in [0.25, 0.3) is 22.0 Å². The lowest BCUT2D eigenvalue weighted by molar-refractivity contribution is 0.0601. The number of esters is 1. The Morgan fingerprint density at radius 3 is 2.43 bits per heavy atom. The highest BCUT2D eigenvalue weighted by molar-refractivity contribution is 6.00. The van der Waals surface area contributed by atoms with Crippen molar-refractivity contribution in [3.63, 3.8) is 0 Å². The summed E-state index contributed by atoms with van der Waals surface area (Å²) in [5.41, 5.74) is 1.54. The van der Waals surface area contributed by atoms with Crippen LogP contribution in [0.2, 0.25) is 0 Å². The Hall–Kier alpha value is -2.82. The van der Waals surface area contributed by atoms with Crippen LogP contribution >= 0.6 is 0 Å². The minimum atomic E-state index is -0.654. The first-order valence-corrected chi connectivity index (χ1v) is 6.94. The van der Waals surface area contributed by atoms with Crippen molar-refractivity contribution in [2.45, 2.75) is 6.92 Å². The molecule has 0 bridgehead atoms. The monoisotopic (exact) mass is 313 g/mol. The van der Waals surface area contributed by atoms with Crippen LogP contribution in [-0.4, -0.2) is 18.1 Å². The first kappa shape index (κ1) is 15.1. The molecule has 3 rings (SSSR count). The molecule has 1 aromatic heterocycles. The van der Waals surface area contributed by atoms with Crippen LogP contribution in [0.15, 0.2) is 42.6 Å². The minimum absolute atomic E-state index is 0.134. The fourth-order valence-corrected chi connectivity index (χ4v) is 2.57. The predicted molar refractivity (Wildman–Crippen MR) is 83.2 cm³/mol. The predicted octanol–water partition coefficient (Wildman–Crippen LogP) is 4.28. The van der Waals surface area contributed by atoms with E-state index in [1.807, 2.05) is 0 Å². The molecule has 0 atom stereocenters. The van der Waals surface area contributed by atoms with Crippen molar-refractivity contribution in [3.05, 3.63) is 65.4 Å². The Balaban J connectivity index is 2.32. The second-order valence-electron chi connectivity index (χ2n) is 5.19. The fourth-order valence-electron chi connectivity index (χ4n) is 2.57. The van der Waals surface area contributed by atoms with Gasteiger partial charge in [0.25, 0.3) is 0 Å². The zero-order valence-corrected chi connectivity index (χ0v) is 12.6. The molecule has 0 aliphatic rings. The standard InChI is InChI=1S/C18H13F2NO2/c1-10-7-14(19)17(15(20)8-10)12-5-6-21-16-4-3-11(9-13(12)16)18(22)23-2/h3-9H,1-2H3. The molecule has 5 heteroatoms. The highest BCUT2D eigenvalue weighted by Gasteiger charge is 2.16. The molecule has 1 heterocycles. The van der Waals surface area contributed by atoms with E-state index >= 15 is 0 Å². The number of rotatable bonds is 2. The molecule has 0 aliphatic heterocycles. The van der Waals surface area contributed by atoms with E-state index < -0.39 is 17.6 Å². The van der Waals surface area contributed by atoms with Crippen molar-refractivity contribution >= 4 is 16.9 Å². The van der Waals surface area contributed by atoms with Gasteiger partial charge < -0.3 is 4.74 Å². The van der Waals surface area contributed by atoms with E-state index in [2.05, 4.69) is 9.72 Å². The summed E-state index contributed by atoms with van der Waals surface area (Å²) in [7, 11) is 1.27. The number of aromatic nitrogens is 1. The summed E-state index contributed by atoms with van der Waals surface area (Å²) in [6, 6.07) is 8.79. The van der Waals surface area contributed by atoms with Gasteiger partial charge in [0.1, 0.15) is 11.6 Å². The van der Waals surface area contributed by atoms with Gasteiger partial charge in [-0.15, -0.1) is 0 Å². The molecule has 0 N–H and O–H groups in total. The van der Waals surface area contributed by atoms with Crippen LogP contribution in [-0.2, 0) is 4.74 Å². The van der Waals surface area contributed by atoms with E-state index in [0.717, 1.165) is 0 Å². The molecule has 3 aromatic rings. The maximum atomic E-state index is 14.3. The number of methoxy groups -OCH3 is 1. The van der Waals surface area contributed by atoms with E-state index in [1.165, 1.54) is 37.6 Å². The molecule has 0 spiro atoms. The largest absolute Gasteiger partial charge is 0.465 e. The van der Waals surface area contributed by atoms with Gasteiger partial charge in [0, 0.05) is 11.6 Å². The Kier molecular flexibility index (Phi) is 3.78. The molecular formula is C18H13F2NO2. The minimum Gasteiger partial charge on any atom is -0.465 e. The van der Waals surface area contributed by atoms with Crippen LogP contribution in [0, 0.1) is 18.6 Å². The number of hydrogen-bond donors (Lipinski definition) is 0. The lowest BCUT2D eigenvalue weighted by atomic mass is 9.98. The number of fused-ring (bicyclic) bond motifs is 1. The van der Waals surface area contributed by atoms with E-state index in [0.29, 0.717) is 27.6 Å². The highest BCUT2D eigenvalue weighted by Crippen LogP contribution is 2.32. The molecule has 0 unspecified atom stereocenters. The van der Waals surface area contributed by atoms with Gasteiger partial charge in [0.2, 0.25) is 0 Å². The summed E-state index contributed by atoms with van der Waals surface area (Å²) in [6.45, 7) is 1.62. The summed E-state index contributed by atoms with van der Waals surface area (Å²) < 4.78 is 33.3. The molecule has 3 nitrogen and oxygen atoms in total. The van der Waals surface area contributed by atoms with Crippen LogP contribution < -0.4 is 0 Å². The highest BCUT2D eigenvalue weighted by atomic mass is 19.1. The number of nitrogens with zero attached hydrogens (tertiary/aromatic N) is 1. The van der Waals surface area contributed by atoms with E-state index in [9.17, 15) is 13.6 Å². The smallest absolute Gasteiger partial charge is 0.337 e. The second-order valence-corrected chi connectivity index (χ2v) is 5.19. The Morgan fingerprint density at radius 1 is 1.09 bits per heavy atom. The quantitative estimate of drug-likeness (QED) is 0.663. The zero-order valence-electron chi connectivity index (χ0n) is 12.6. The van der Waals surface area contributed by atoms with Gasteiger partial charge in [-0.2, -0.15) is 0 Å².